The van der Waals surface area contributed by atoms with Gasteiger partial charge in [-0.05, 0) is 73.5 Å². The number of nitrogens with zero attached hydrogens (tertiary/aromatic N) is 2. The van der Waals surface area contributed by atoms with Crippen LogP contribution in [0.5, 0.6) is 0 Å². The quantitative estimate of drug-likeness (QED) is 0.225. The van der Waals surface area contributed by atoms with Gasteiger partial charge in [-0.15, -0.1) is 0 Å². The van der Waals surface area contributed by atoms with E-state index in [4.69, 9.17) is 4.42 Å². The van der Waals surface area contributed by atoms with Crippen LogP contribution in [0.2, 0.25) is 0 Å². The number of ketones is 1. The smallest absolute Gasteiger partial charge is 0.269 e. The van der Waals surface area contributed by atoms with Crippen LogP contribution in [0.3, 0.4) is 0 Å². The average molecular weight is 452 g/mol. The van der Waals surface area contributed by atoms with Crippen LogP contribution in [0.25, 0.3) is 17.4 Å². The van der Waals surface area contributed by atoms with E-state index in [1.54, 1.807) is 24.3 Å². The van der Waals surface area contributed by atoms with Gasteiger partial charge in [-0.3, -0.25) is 14.9 Å². The molecule has 1 aliphatic rings. The third kappa shape index (κ3) is 4.53. The molecule has 0 bridgehead atoms. The molecule has 1 saturated heterocycles. The first-order valence-electron chi connectivity index (χ1n) is 10.0. The van der Waals surface area contributed by atoms with Crippen molar-refractivity contribution in [2.24, 2.45) is 0 Å². The van der Waals surface area contributed by atoms with Gasteiger partial charge in [0, 0.05) is 36.3 Å². The van der Waals surface area contributed by atoms with Gasteiger partial charge in [-0.25, -0.2) is 8.42 Å². The standard InChI is InChI=1S/C23H20N2O6S/c26-22(17-5-11-21(12-6-17)32(29,30)24-15-1-2-16-24)13-9-20-10-14-23(31-20)18-3-7-19(8-4-18)25(27)28/h3-14H,1-2,15-16H2. The van der Waals surface area contributed by atoms with Gasteiger partial charge in [0.05, 0.1) is 9.82 Å². The third-order valence-corrected chi connectivity index (χ3v) is 7.14. The largest absolute Gasteiger partial charge is 0.457 e. The highest BCUT2D eigenvalue weighted by Gasteiger charge is 2.27. The number of non-ortho nitro benzene ring substituents is 1. The highest BCUT2D eigenvalue weighted by atomic mass is 32.2. The van der Waals surface area contributed by atoms with Gasteiger partial charge >= 0.3 is 0 Å². The van der Waals surface area contributed by atoms with E-state index in [0.717, 1.165) is 12.8 Å². The molecule has 1 aromatic heterocycles. The molecule has 164 valence electrons. The summed E-state index contributed by atoms with van der Waals surface area (Å²) >= 11 is 0. The molecule has 2 heterocycles. The van der Waals surface area contributed by atoms with Crippen LogP contribution >= 0.6 is 0 Å². The summed E-state index contributed by atoms with van der Waals surface area (Å²) in [6, 6.07) is 15.3. The summed E-state index contributed by atoms with van der Waals surface area (Å²) in [5, 5.41) is 10.8. The van der Waals surface area contributed by atoms with Crippen molar-refractivity contribution in [2.75, 3.05) is 13.1 Å². The number of hydrogen-bond donors (Lipinski definition) is 0. The van der Waals surface area contributed by atoms with Crippen molar-refractivity contribution in [1.29, 1.82) is 0 Å². The Kier molecular flexibility index (Phi) is 6.02. The van der Waals surface area contributed by atoms with Gasteiger partial charge in [-0.2, -0.15) is 4.31 Å². The van der Waals surface area contributed by atoms with Gasteiger partial charge in [0.15, 0.2) is 5.78 Å². The summed E-state index contributed by atoms with van der Waals surface area (Å²) in [5.41, 5.74) is 1.03. The van der Waals surface area contributed by atoms with Crippen LogP contribution in [0.1, 0.15) is 29.0 Å². The maximum absolute atomic E-state index is 12.6. The van der Waals surface area contributed by atoms with Gasteiger partial charge < -0.3 is 4.42 Å². The van der Waals surface area contributed by atoms with E-state index in [1.165, 1.54) is 52.9 Å². The number of carbonyl (C=O) groups is 1. The first kappa shape index (κ1) is 21.7. The molecule has 0 saturated carbocycles. The molecule has 1 fully saturated rings. The number of allylic oxidation sites excluding steroid dienone is 1. The molecule has 0 aliphatic carbocycles. The fourth-order valence-electron chi connectivity index (χ4n) is 3.47. The van der Waals surface area contributed by atoms with Gasteiger partial charge in [0.25, 0.3) is 5.69 Å². The van der Waals surface area contributed by atoms with Crippen LogP contribution in [0, 0.1) is 10.1 Å². The molecule has 2 aromatic carbocycles. The molecule has 0 radical (unpaired) electrons. The maximum Gasteiger partial charge on any atom is 0.269 e. The first-order valence-corrected chi connectivity index (χ1v) is 11.5. The van der Waals surface area contributed by atoms with Crippen LogP contribution in [0.4, 0.5) is 5.69 Å². The molecule has 0 spiro atoms. The zero-order chi connectivity index (χ0) is 22.7. The molecule has 9 heteroatoms. The van der Waals surface area contributed by atoms with E-state index in [9.17, 15) is 23.3 Å². The van der Waals surface area contributed by atoms with Crippen molar-refractivity contribution in [3.05, 3.63) is 88.2 Å². The van der Waals surface area contributed by atoms with Crippen molar-refractivity contribution in [1.82, 2.24) is 4.31 Å². The Labute approximate surface area is 185 Å². The number of furan rings is 1. The summed E-state index contributed by atoms with van der Waals surface area (Å²) in [4.78, 5) is 22.9. The van der Waals surface area contributed by atoms with Crippen LogP contribution in [0.15, 0.2) is 76.1 Å². The summed E-state index contributed by atoms with van der Waals surface area (Å²) in [5.74, 6) is 0.673. The highest BCUT2D eigenvalue weighted by Crippen LogP contribution is 2.25. The predicted molar refractivity (Wildman–Crippen MR) is 119 cm³/mol. The van der Waals surface area contributed by atoms with E-state index in [2.05, 4.69) is 0 Å². The van der Waals surface area contributed by atoms with Crippen LogP contribution < -0.4 is 0 Å². The second-order valence-corrected chi connectivity index (χ2v) is 9.28. The minimum absolute atomic E-state index is 0.00901. The molecule has 0 atom stereocenters. The lowest BCUT2D eigenvalue weighted by Gasteiger charge is -2.15. The van der Waals surface area contributed by atoms with Crippen molar-refractivity contribution in [2.45, 2.75) is 17.7 Å². The van der Waals surface area contributed by atoms with E-state index < -0.39 is 14.9 Å². The molecule has 8 nitrogen and oxygen atoms in total. The molecule has 0 unspecified atom stereocenters. The molecule has 0 amide bonds. The molecule has 32 heavy (non-hydrogen) atoms. The summed E-state index contributed by atoms with van der Waals surface area (Å²) in [7, 11) is -3.52. The highest BCUT2D eigenvalue weighted by molar-refractivity contribution is 7.89. The fourth-order valence-corrected chi connectivity index (χ4v) is 4.98. The number of sulfonamides is 1. The summed E-state index contributed by atoms with van der Waals surface area (Å²) < 4.78 is 32.3. The number of nitro groups is 1. The summed E-state index contributed by atoms with van der Waals surface area (Å²) in [6.07, 6.45) is 4.59. The van der Waals surface area contributed by atoms with Crippen molar-refractivity contribution in [3.8, 4) is 11.3 Å². The molecule has 4 rings (SSSR count). The van der Waals surface area contributed by atoms with E-state index in [-0.39, 0.29) is 16.4 Å². The molecule has 3 aromatic rings. The normalized spacial score (nSPS) is 14.8. The van der Waals surface area contributed by atoms with Crippen molar-refractivity contribution < 1.29 is 22.6 Å². The van der Waals surface area contributed by atoms with Crippen molar-refractivity contribution in [3.63, 3.8) is 0 Å². The predicted octanol–water partition coefficient (Wildman–Crippen LogP) is 4.54. The third-order valence-electron chi connectivity index (χ3n) is 5.23. The Balaban J connectivity index is 1.44. The zero-order valence-corrected chi connectivity index (χ0v) is 17.8. The van der Waals surface area contributed by atoms with Gasteiger partial charge in [0.1, 0.15) is 11.5 Å². The minimum Gasteiger partial charge on any atom is -0.457 e. The van der Waals surface area contributed by atoms with Gasteiger partial charge in [0.2, 0.25) is 10.0 Å². The number of benzene rings is 2. The minimum atomic E-state index is -3.52. The Morgan fingerprint density at radius 1 is 0.969 bits per heavy atom. The molecular formula is C23H20N2O6S. The molecular weight excluding hydrogens is 432 g/mol. The first-order chi connectivity index (χ1) is 15.3. The van der Waals surface area contributed by atoms with Gasteiger partial charge in [-0.1, -0.05) is 0 Å². The maximum atomic E-state index is 12.6. The Hall–Kier alpha value is -3.56. The van der Waals surface area contributed by atoms with E-state index in [0.29, 0.717) is 35.7 Å². The topological polar surface area (TPSA) is 111 Å². The summed E-state index contributed by atoms with van der Waals surface area (Å²) in [6.45, 7) is 1.05. The molecule has 1 aliphatic heterocycles. The Morgan fingerprint density at radius 3 is 2.25 bits per heavy atom. The van der Waals surface area contributed by atoms with E-state index >= 15 is 0 Å². The van der Waals surface area contributed by atoms with Crippen molar-refractivity contribution >= 4 is 27.6 Å². The van der Waals surface area contributed by atoms with E-state index in [1.807, 2.05) is 0 Å². The second-order valence-electron chi connectivity index (χ2n) is 7.34. The average Bonchev–Trinajstić information content (AvgIpc) is 3.50. The second kappa shape index (κ2) is 8.89. The zero-order valence-electron chi connectivity index (χ0n) is 17.0. The van der Waals surface area contributed by atoms with Crippen LogP contribution in [-0.2, 0) is 10.0 Å². The number of rotatable bonds is 7. The number of carbonyl (C=O) groups excluding carboxylic acids is 1. The lowest BCUT2D eigenvalue weighted by atomic mass is 10.1. The molecule has 0 N–H and O–H groups in total. The Bertz CT molecular complexity index is 1270. The fraction of sp³-hybridized carbons (Fsp3) is 0.174. The lowest BCUT2D eigenvalue weighted by molar-refractivity contribution is -0.384. The monoisotopic (exact) mass is 452 g/mol. The SMILES string of the molecule is O=C(C=Cc1ccc(-c2ccc([N+](=O)[O-])cc2)o1)c1ccc(S(=O)(=O)N2CCCC2)cc1. The lowest BCUT2D eigenvalue weighted by Crippen LogP contribution is -2.27. The number of nitro benzene ring substituents is 1. The van der Waals surface area contributed by atoms with Crippen LogP contribution in [-0.4, -0.2) is 36.5 Å². The number of hydrogen-bond acceptors (Lipinski definition) is 6. The Morgan fingerprint density at radius 2 is 1.62 bits per heavy atom.